The Kier molecular flexibility index (Phi) is 5.20. The van der Waals surface area contributed by atoms with Crippen LogP contribution in [0.4, 0.5) is 0 Å². The molecule has 0 saturated carbocycles. The molecule has 0 aliphatic heterocycles. The third-order valence-electron chi connectivity index (χ3n) is 3.50. The van der Waals surface area contributed by atoms with Crippen LogP contribution in [-0.4, -0.2) is 39.3 Å². The lowest BCUT2D eigenvalue weighted by molar-refractivity contribution is -0.132. The zero-order valence-corrected chi connectivity index (χ0v) is 13.4. The molecule has 0 saturated heterocycles. The van der Waals surface area contributed by atoms with Gasteiger partial charge in [-0.2, -0.15) is 0 Å². The number of hydrogen-bond donors (Lipinski definition) is 1. The Labute approximate surface area is 129 Å². The van der Waals surface area contributed by atoms with E-state index in [2.05, 4.69) is 10.3 Å². The van der Waals surface area contributed by atoms with Crippen LogP contribution in [0.25, 0.3) is 5.65 Å². The molecule has 114 valence electrons. The second-order valence-corrected chi connectivity index (χ2v) is 5.39. The molecular formula is C15H21ClN4O. The Morgan fingerprint density at radius 1 is 1.38 bits per heavy atom. The minimum atomic E-state index is -0.224. The molecule has 0 radical (unpaired) electrons. The van der Waals surface area contributed by atoms with Gasteiger partial charge in [0.2, 0.25) is 5.91 Å². The maximum Gasteiger partial charge on any atom is 0.239 e. The van der Waals surface area contributed by atoms with E-state index in [1.54, 1.807) is 0 Å². The Hall–Kier alpha value is -1.59. The summed E-state index contributed by atoms with van der Waals surface area (Å²) in [5.41, 5.74) is 1.73. The standard InChI is InChI=1S/C15H21ClN4O/c1-4-19(5-2)15(21)11(3)17-8-13-10-20-9-12(16)6-7-14(20)18-13/h6-7,9-11,17H,4-5,8H2,1-3H3. The van der Waals surface area contributed by atoms with Crippen LogP contribution in [0.3, 0.4) is 0 Å². The van der Waals surface area contributed by atoms with Gasteiger partial charge >= 0.3 is 0 Å². The van der Waals surface area contributed by atoms with Gasteiger partial charge in [-0.05, 0) is 32.9 Å². The Bertz CT molecular complexity index is 621. The summed E-state index contributed by atoms with van der Waals surface area (Å²) < 4.78 is 1.89. The Morgan fingerprint density at radius 3 is 2.76 bits per heavy atom. The van der Waals surface area contributed by atoms with Crippen LogP contribution in [0.1, 0.15) is 26.5 Å². The highest BCUT2D eigenvalue weighted by Crippen LogP contribution is 2.11. The maximum atomic E-state index is 12.2. The number of carbonyl (C=O) groups excluding carboxylic acids is 1. The van der Waals surface area contributed by atoms with E-state index < -0.39 is 0 Å². The summed E-state index contributed by atoms with van der Waals surface area (Å²) in [5, 5.41) is 3.89. The molecule has 0 fully saturated rings. The van der Waals surface area contributed by atoms with Crippen molar-refractivity contribution < 1.29 is 4.79 Å². The normalized spacial score (nSPS) is 12.6. The minimum Gasteiger partial charge on any atom is -0.342 e. The third-order valence-corrected chi connectivity index (χ3v) is 3.72. The first kappa shape index (κ1) is 15.8. The van der Waals surface area contributed by atoms with Crippen molar-refractivity contribution in [2.45, 2.75) is 33.4 Å². The largest absolute Gasteiger partial charge is 0.342 e. The lowest BCUT2D eigenvalue weighted by atomic mass is 10.2. The molecule has 1 N–H and O–H groups in total. The first-order valence-electron chi connectivity index (χ1n) is 7.20. The summed E-state index contributed by atoms with van der Waals surface area (Å²) in [4.78, 5) is 18.5. The van der Waals surface area contributed by atoms with Crippen LogP contribution >= 0.6 is 11.6 Å². The zero-order valence-electron chi connectivity index (χ0n) is 12.6. The third kappa shape index (κ3) is 3.74. The Balaban J connectivity index is 1.99. The van der Waals surface area contributed by atoms with Gasteiger partial charge < -0.3 is 14.6 Å². The summed E-state index contributed by atoms with van der Waals surface area (Å²) in [6.45, 7) is 7.86. The van der Waals surface area contributed by atoms with Gasteiger partial charge in [0.25, 0.3) is 0 Å². The van der Waals surface area contributed by atoms with Gasteiger partial charge in [0.05, 0.1) is 16.8 Å². The van der Waals surface area contributed by atoms with Gasteiger partial charge in [0, 0.05) is 32.0 Å². The second kappa shape index (κ2) is 6.91. The second-order valence-electron chi connectivity index (χ2n) is 4.96. The molecule has 0 aliphatic rings. The van der Waals surface area contributed by atoms with Gasteiger partial charge in [-0.15, -0.1) is 0 Å². The van der Waals surface area contributed by atoms with Crippen molar-refractivity contribution in [3.63, 3.8) is 0 Å². The van der Waals surface area contributed by atoms with Crippen LogP contribution < -0.4 is 5.32 Å². The maximum absolute atomic E-state index is 12.2. The van der Waals surface area contributed by atoms with Gasteiger partial charge in [0.15, 0.2) is 0 Å². The number of amides is 1. The number of pyridine rings is 1. The van der Waals surface area contributed by atoms with Crippen molar-refractivity contribution in [1.29, 1.82) is 0 Å². The first-order chi connectivity index (χ1) is 10.0. The molecule has 6 heteroatoms. The van der Waals surface area contributed by atoms with E-state index in [1.165, 1.54) is 0 Å². The fourth-order valence-electron chi connectivity index (χ4n) is 2.26. The van der Waals surface area contributed by atoms with Crippen molar-refractivity contribution in [2.75, 3.05) is 13.1 Å². The minimum absolute atomic E-state index is 0.117. The van der Waals surface area contributed by atoms with Gasteiger partial charge in [-0.1, -0.05) is 11.6 Å². The summed E-state index contributed by atoms with van der Waals surface area (Å²) in [6.07, 6.45) is 3.74. The van der Waals surface area contributed by atoms with Crippen LogP contribution in [-0.2, 0) is 11.3 Å². The molecule has 5 nitrogen and oxygen atoms in total. The lowest BCUT2D eigenvalue weighted by Crippen LogP contribution is -2.44. The smallest absolute Gasteiger partial charge is 0.239 e. The summed E-state index contributed by atoms with van der Waals surface area (Å²) in [5.74, 6) is 0.117. The molecule has 2 heterocycles. The predicted molar refractivity (Wildman–Crippen MR) is 84.4 cm³/mol. The highest BCUT2D eigenvalue weighted by Gasteiger charge is 2.17. The van der Waals surface area contributed by atoms with Crippen molar-refractivity contribution in [3.8, 4) is 0 Å². The first-order valence-corrected chi connectivity index (χ1v) is 7.58. The molecule has 0 aliphatic carbocycles. The van der Waals surface area contributed by atoms with E-state index >= 15 is 0 Å². The number of aromatic nitrogens is 2. The van der Waals surface area contributed by atoms with E-state index in [1.807, 2.05) is 54.6 Å². The van der Waals surface area contributed by atoms with Gasteiger partial charge in [-0.25, -0.2) is 4.98 Å². The summed E-state index contributed by atoms with van der Waals surface area (Å²) in [6, 6.07) is 3.46. The molecule has 1 amide bonds. The van der Waals surface area contributed by atoms with Crippen molar-refractivity contribution >= 4 is 23.2 Å². The molecular weight excluding hydrogens is 288 g/mol. The number of carbonyl (C=O) groups is 1. The molecule has 2 aromatic rings. The van der Waals surface area contributed by atoms with E-state index in [-0.39, 0.29) is 11.9 Å². The fraction of sp³-hybridized carbons (Fsp3) is 0.467. The average molecular weight is 309 g/mol. The molecule has 1 unspecified atom stereocenters. The predicted octanol–water partition coefficient (Wildman–Crippen LogP) is 2.33. The molecule has 0 spiro atoms. The van der Waals surface area contributed by atoms with Crippen molar-refractivity contribution in [3.05, 3.63) is 35.2 Å². The zero-order chi connectivity index (χ0) is 15.4. The van der Waals surface area contributed by atoms with Crippen molar-refractivity contribution in [2.24, 2.45) is 0 Å². The average Bonchev–Trinajstić information content (AvgIpc) is 2.87. The highest BCUT2D eigenvalue weighted by atomic mass is 35.5. The highest BCUT2D eigenvalue weighted by molar-refractivity contribution is 6.30. The molecule has 0 bridgehead atoms. The molecule has 21 heavy (non-hydrogen) atoms. The fourth-order valence-corrected chi connectivity index (χ4v) is 2.42. The molecule has 1 atom stereocenters. The van der Waals surface area contributed by atoms with Crippen LogP contribution in [0.15, 0.2) is 24.5 Å². The molecule has 2 rings (SSSR count). The topological polar surface area (TPSA) is 49.6 Å². The van der Waals surface area contributed by atoms with Gasteiger partial charge in [-0.3, -0.25) is 4.79 Å². The number of nitrogens with one attached hydrogen (secondary N) is 1. The summed E-state index contributed by atoms with van der Waals surface area (Å²) >= 11 is 5.95. The number of imidazole rings is 1. The number of halogens is 1. The number of nitrogens with zero attached hydrogens (tertiary/aromatic N) is 3. The SMILES string of the molecule is CCN(CC)C(=O)C(C)NCc1cn2cc(Cl)ccc2n1. The number of likely N-dealkylation sites (N-methyl/N-ethyl adjacent to an activating group) is 1. The Morgan fingerprint density at radius 2 is 2.10 bits per heavy atom. The van der Waals surface area contributed by atoms with E-state index in [9.17, 15) is 4.79 Å². The van der Waals surface area contributed by atoms with E-state index in [4.69, 9.17) is 11.6 Å². The number of hydrogen-bond acceptors (Lipinski definition) is 3. The molecule has 0 aromatic carbocycles. The monoisotopic (exact) mass is 308 g/mol. The van der Waals surface area contributed by atoms with Gasteiger partial charge in [0.1, 0.15) is 5.65 Å². The van der Waals surface area contributed by atoms with Crippen LogP contribution in [0.5, 0.6) is 0 Å². The van der Waals surface area contributed by atoms with Crippen molar-refractivity contribution in [1.82, 2.24) is 19.6 Å². The molecule has 2 aromatic heterocycles. The number of fused-ring (bicyclic) bond motifs is 1. The van der Waals surface area contributed by atoms with Crippen LogP contribution in [0.2, 0.25) is 5.02 Å². The quantitative estimate of drug-likeness (QED) is 0.891. The number of rotatable bonds is 6. The lowest BCUT2D eigenvalue weighted by Gasteiger charge is -2.23. The summed E-state index contributed by atoms with van der Waals surface area (Å²) in [7, 11) is 0. The van der Waals surface area contributed by atoms with E-state index in [0.29, 0.717) is 11.6 Å². The van der Waals surface area contributed by atoms with Crippen LogP contribution in [0, 0.1) is 0 Å². The van der Waals surface area contributed by atoms with E-state index in [0.717, 1.165) is 24.4 Å².